The number of esters is 1. The number of hydrogen-bond donors (Lipinski definition) is 2. The summed E-state index contributed by atoms with van der Waals surface area (Å²) in [5.74, 6) is 0.202. The number of carbonyl (C=O) groups is 1. The first-order valence-corrected chi connectivity index (χ1v) is 7.29. The van der Waals surface area contributed by atoms with E-state index in [9.17, 15) is 4.79 Å². The van der Waals surface area contributed by atoms with Crippen LogP contribution in [0.4, 0.5) is 0 Å². The van der Waals surface area contributed by atoms with Gasteiger partial charge in [-0.3, -0.25) is 4.79 Å². The lowest BCUT2D eigenvalue weighted by Crippen LogP contribution is -2.40. The van der Waals surface area contributed by atoms with Crippen molar-refractivity contribution in [3.05, 3.63) is 34.9 Å². The molecule has 22 heavy (non-hydrogen) atoms. The highest BCUT2D eigenvalue weighted by atomic mass is 127. The molecule has 7 heteroatoms. The zero-order valence-corrected chi connectivity index (χ0v) is 16.1. The minimum atomic E-state index is -0.240. The standard InChI is InChI=1S/C15H22ClN3O2.HI/c1-4-17-15(18-9-11(2)14(20)21-3)19-10-12-5-7-13(16)8-6-12;/h5-8,11H,4,9-10H2,1-3H3,(H2,17,18,19);1H. The van der Waals surface area contributed by atoms with Gasteiger partial charge in [0.1, 0.15) is 0 Å². The first-order chi connectivity index (χ1) is 10.1. The number of aliphatic imine (C=N–C) groups is 1. The van der Waals surface area contributed by atoms with Crippen LogP contribution < -0.4 is 10.6 Å². The Labute approximate surface area is 153 Å². The average Bonchev–Trinajstić information content (AvgIpc) is 2.50. The zero-order chi connectivity index (χ0) is 15.7. The Kier molecular flexibility index (Phi) is 11.0. The molecule has 1 rings (SSSR count). The van der Waals surface area contributed by atoms with E-state index in [-0.39, 0.29) is 35.9 Å². The normalized spacial score (nSPS) is 12.1. The SMILES string of the molecule is CCNC(=NCc1ccc(Cl)cc1)NCC(C)C(=O)OC.I. The van der Waals surface area contributed by atoms with Crippen molar-refractivity contribution in [2.45, 2.75) is 20.4 Å². The number of rotatable bonds is 6. The molecule has 1 aromatic carbocycles. The van der Waals surface area contributed by atoms with Gasteiger partial charge in [0.2, 0.25) is 0 Å². The monoisotopic (exact) mass is 439 g/mol. The zero-order valence-electron chi connectivity index (χ0n) is 13.1. The Bertz CT molecular complexity index is 480. The van der Waals surface area contributed by atoms with Crippen molar-refractivity contribution in [3.8, 4) is 0 Å². The van der Waals surface area contributed by atoms with Crippen LogP contribution in [0.5, 0.6) is 0 Å². The molecule has 0 fully saturated rings. The molecule has 0 saturated heterocycles. The summed E-state index contributed by atoms with van der Waals surface area (Å²) in [5.41, 5.74) is 1.07. The van der Waals surface area contributed by atoms with Gasteiger partial charge in [-0.2, -0.15) is 0 Å². The van der Waals surface area contributed by atoms with E-state index < -0.39 is 0 Å². The molecule has 0 radical (unpaired) electrons. The number of halogens is 2. The summed E-state index contributed by atoms with van der Waals surface area (Å²) >= 11 is 5.85. The van der Waals surface area contributed by atoms with Crippen molar-refractivity contribution in [2.24, 2.45) is 10.9 Å². The molecule has 0 aliphatic carbocycles. The molecule has 0 aliphatic rings. The van der Waals surface area contributed by atoms with E-state index >= 15 is 0 Å². The summed E-state index contributed by atoms with van der Waals surface area (Å²) in [6.07, 6.45) is 0. The first-order valence-electron chi connectivity index (χ1n) is 6.91. The predicted octanol–water partition coefficient (Wildman–Crippen LogP) is 2.82. The molecular weight excluding hydrogens is 417 g/mol. The summed E-state index contributed by atoms with van der Waals surface area (Å²) in [5, 5.41) is 6.97. The Balaban J connectivity index is 0.00000441. The average molecular weight is 440 g/mol. The molecule has 1 unspecified atom stereocenters. The molecule has 0 aliphatic heterocycles. The molecule has 0 saturated carbocycles. The summed E-state index contributed by atoms with van der Waals surface area (Å²) in [6, 6.07) is 7.55. The van der Waals surface area contributed by atoms with E-state index in [1.807, 2.05) is 38.1 Å². The van der Waals surface area contributed by atoms with Crippen LogP contribution in [-0.2, 0) is 16.1 Å². The molecule has 0 bridgehead atoms. The second-order valence-corrected chi connectivity index (χ2v) is 5.06. The maximum absolute atomic E-state index is 11.4. The third-order valence-corrected chi connectivity index (χ3v) is 3.11. The fraction of sp³-hybridized carbons (Fsp3) is 0.467. The van der Waals surface area contributed by atoms with Gasteiger partial charge in [-0.25, -0.2) is 4.99 Å². The predicted molar refractivity (Wildman–Crippen MR) is 101 cm³/mol. The van der Waals surface area contributed by atoms with Gasteiger partial charge in [-0.05, 0) is 24.6 Å². The Morgan fingerprint density at radius 3 is 2.50 bits per heavy atom. The first kappa shape index (κ1) is 21.0. The maximum atomic E-state index is 11.4. The van der Waals surface area contributed by atoms with Crippen LogP contribution in [0, 0.1) is 5.92 Å². The lowest BCUT2D eigenvalue weighted by atomic mass is 10.2. The smallest absolute Gasteiger partial charge is 0.310 e. The summed E-state index contributed by atoms with van der Waals surface area (Å²) in [6.45, 7) is 5.56. The van der Waals surface area contributed by atoms with Crippen molar-refractivity contribution >= 4 is 47.5 Å². The van der Waals surface area contributed by atoms with Gasteiger partial charge in [-0.15, -0.1) is 24.0 Å². The summed E-state index contributed by atoms with van der Waals surface area (Å²) in [7, 11) is 1.39. The second-order valence-electron chi connectivity index (χ2n) is 4.63. The van der Waals surface area contributed by atoms with Crippen LogP contribution in [0.2, 0.25) is 5.02 Å². The highest BCUT2D eigenvalue weighted by Gasteiger charge is 2.13. The van der Waals surface area contributed by atoms with E-state index in [1.54, 1.807) is 0 Å². The van der Waals surface area contributed by atoms with E-state index in [1.165, 1.54) is 7.11 Å². The second kappa shape index (κ2) is 11.5. The van der Waals surface area contributed by atoms with Crippen LogP contribution in [0.3, 0.4) is 0 Å². The third kappa shape index (κ3) is 7.84. The molecule has 0 spiro atoms. The van der Waals surface area contributed by atoms with Crippen LogP contribution in [0.15, 0.2) is 29.3 Å². The molecule has 5 nitrogen and oxygen atoms in total. The number of guanidine groups is 1. The van der Waals surface area contributed by atoms with Crippen LogP contribution in [0.25, 0.3) is 0 Å². The minimum absolute atomic E-state index is 0. The van der Waals surface area contributed by atoms with E-state index in [2.05, 4.69) is 15.6 Å². The number of ether oxygens (including phenoxy) is 1. The van der Waals surface area contributed by atoms with Gasteiger partial charge in [-0.1, -0.05) is 30.7 Å². The van der Waals surface area contributed by atoms with E-state index in [0.29, 0.717) is 24.1 Å². The van der Waals surface area contributed by atoms with Crippen molar-refractivity contribution in [1.29, 1.82) is 0 Å². The number of benzene rings is 1. The fourth-order valence-corrected chi connectivity index (χ4v) is 1.76. The minimum Gasteiger partial charge on any atom is -0.469 e. The molecule has 0 heterocycles. The van der Waals surface area contributed by atoms with Crippen molar-refractivity contribution in [2.75, 3.05) is 20.2 Å². The molecule has 2 N–H and O–H groups in total. The lowest BCUT2D eigenvalue weighted by molar-refractivity contribution is -0.144. The highest BCUT2D eigenvalue weighted by Crippen LogP contribution is 2.10. The van der Waals surface area contributed by atoms with Crippen molar-refractivity contribution in [3.63, 3.8) is 0 Å². The van der Waals surface area contributed by atoms with E-state index in [4.69, 9.17) is 16.3 Å². The van der Waals surface area contributed by atoms with Gasteiger partial charge >= 0.3 is 5.97 Å². The molecule has 124 valence electrons. The number of nitrogens with one attached hydrogen (secondary N) is 2. The molecule has 0 aromatic heterocycles. The Morgan fingerprint density at radius 1 is 1.32 bits per heavy atom. The largest absolute Gasteiger partial charge is 0.469 e. The molecule has 0 amide bonds. The maximum Gasteiger partial charge on any atom is 0.310 e. The van der Waals surface area contributed by atoms with Crippen molar-refractivity contribution in [1.82, 2.24) is 10.6 Å². The molecular formula is C15H23ClIN3O2. The van der Waals surface area contributed by atoms with Crippen LogP contribution >= 0.6 is 35.6 Å². The Hall–Kier alpha value is -1.02. The van der Waals surface area contributed by atoms with Crippen LogP contribution in [-0.4, -0.2) is 32.1 Å². The van der Waals surface area contributed by atoms with Gasteiger partial charge in [0.25, 0.3) is 0 Å². The quantitative estimate of drug-likeness (QED) is 0.310. The number of carbonyl (C=O) groups excluding carboxylic acids is 1. The molecule has 1 aromatic rings. The Morgan fingerprint density at radius 2 is 1.95 bits per heavy atom. The van der Waals surface area contributed by atoms with Gasteiger partial charge in [0.15, 0.2) is 5.96 Å². The summed E-state index contributed by atoms with van der Waals surface area (Å²) in [4.78, 5) is 15.8. The van der Waals surface area contributed by atoms with Gasteiger partial charge in [0, 0.05) is 18.1 Å². The molecule has 1 atom stereocenters. The van der Waals surface area contributed by atoms with Crippen LogP contribution in [0.1, 0.15) is 19.4 Å². The van der Waals surface area contributed by atoms with Crippen molar-refractivity contribution < 1.29 is 9.53 Å². The topological polar surface area (TPSA) is 62.7 Å². The highest BCUT2D eigenvalue weighted by molar-refractivity contribution is 14.0. The number of methoxy groups -OCH3 is 1. The van der Waals surface area contributed by atoms with E-state index in [0.717, 1.165) is 12.1 Å². The van der Waals surface area contributed by atoms with Gasteiger partial charge < -0.3 is 15.4 Å². The lowest BCUT2D eigenvalue weighted by Gasteiger charge is -2.14. The number of nitrogens with zero attached hydrogens (tertiary/aromatic N) is 1. The fourth-order valence-electron chi connectivity index (χ4n) is 1.64. The summed E-state index contributed by atoms with van der Waals surface area (Å²) < 4.78 is 4.69. The number of hydrogen-bond acceptors (Lipinski definition) is 3. The van der Waals surface area contributed by atoms with Gasteiger partial charge in [0.05, 0.1) is 19.6 Å². The third-order valence-electron chi connectivity index (χ3n) is 2.86.